The van der Waals surface area contributed by atoms with Gasteiger partial charge >= 0.3 is 17.9 Å². The third kappa shape index (κ3) is 49.1. The lowest BCUT2D eigenvalue weighted by molar-refractivity contribution is -0.167. The number of esters is 3. The largest absolute Gasteiger partial charge is 0.462 e. The van der Waals surface area contributed by atoms with Gasteiger partial charge in [0, 0.05) is 19.3 Å². The summed E-state index contributed by atoms with van der Waals surface area (Å²) in [6.45, 7) is 6.30. The summed E-state index contributed by atoms with van der Waals surface area (Å²) in [6.07, 6.45) is 69.3. The minimum absolute atomic E-state index is 0.0982. The molecule has 0 aliphatic rings. The van der Waals surface area contributed by atoms with E-state index in [0.717, 1.165) is 167 Å². The Morgan fingerprint density at radius 3 is 0.969 bits per heavy atom. The van der Waals surface area contributed by atoms with Gasteiger partial charge in [0.2, 0.25) is 0 Å². The highest BCUT2D eigenvalue weighted by Gasteiger charge is 2.19. The maximum Gasteiger partial charge on any atom is 0.306 e. The molecular weight excluding hydrogens is 793 g/mol. The fourth-order valence-corrected chi connectivity index (χ4v) is 6.66. The van der Waals surface area contributed by atoms with E-state index in [2.05, 4.69) is 130 Å². The number of carbonyl (C=O) groups is 3. The molecule has 0 rings (SSSR count). The SMILES string of the molecule is CC/C=C\C/C=C\C/C=C\C/C=C\C/C=C\CCCCCCCC(=O)OCC(COC(=O)CCCCCCC/C=C\CCC)OC(=O)CCCCCCC/C=C\C/C=C\C/C=C\CC. The Kier molecular flexibility index (Phi) is 48.5. The van der Waals surface area contributed by atoms with E-state index in [1.54, 1.807) is 0 Å². The van der Waals surface area contributed by atoms with Crippen molar-refractivity contribution >= 4 is 17.9 Å². The Labute approximate surface area is 393 Å². The molecule has 6 heteroatoms. The first-order valence-corrected chi connectivity index (χ1v) is 25.9. The van der Waals surface area contributed by atoms with Gasteiger partial charge in [-0.05, 0) is 116 Å². The van der Waals surface area contributed by atoms with Gasteiger partial charge in [0.05, 0.1) is 0 Å². The summed E-state index contributed by atoms with van der Waals surface area (Å²) in [5.41, 5.74) is 0. The lowest BCUT2D eigenvalue weighted by Gasteiger charge is -2.18. The lowest BCUT2D eigenvalue weighted by Crippen LogP contribution is -2.30. The predicted octanol–water partition coefficient (Wildman–Crippen LogP) is 17.1. The summed E-state index contributed by atoms with van der Waals surface area (Å²) < 4.78 is 16.7. The number of carbonyl (C=O) groups excluding carboxylic acids is 3. The van der Waals surface area contributed by atoms with Crippen LogP contribution in [0.5, 0.6) is 0 Å². The fourth-order valence-electron chi connectivity index (χ4n) is 6.66. The van der Waals surface area contributed by atoms with E-state index >= 15 is 0 Å². The number of unbranched alkanes of at least 4 members (excludes halogenated alkanes) is 16. The zero-order valence-electron chi connectivity index (χ0n) is 41.3. The van der Waals surface area contributed by atoms with Crippen molar-refractivity contribution in [3.05, 3.63) is 109 Å². The molecular formula is C58H94O6. The highest BCUT2D eigenvalue weighted by Crippen LogP contribution is 2.13. The molecule has 0 bridgehead atoms. The lowest BCUT2D eigenvalue weighted by atomic mass is 10.1. The van der Waals surface area contributed by atoms with Gasteiger partial charge in [-0.25, -0.2) is 0 Å². The molecule has 362 valence electrons. The maximum absolute atomic E-state index is 12.8. The van der Waals surface area contributed by atoms with Crippen LogP contribution in [0.4, 0.5) is 0 Å². The zero-order valence-corrected chi connectivity index (χ0v) is 41.3. The Morgan fingerprint density at radius 2 is 0.609 bits per heavy atom. The van der Waals surface area contributed by atoms with Gasteiger partial charge in [0.25, 0.3) is 0 Å². The van der Waals surface area contributed by atoms with Gasteiger partial charge in [-0.3, -0.25) is 14.4 Å². The van der Waals surface area contributed by atoms with Gasteiger partial charge in [-0.15, -0.1) is 0 Å². The second kappa shape index (κ2) is 51.7. The fraction of sp³-hybridized carbons (Fsp3) is 0.638. The van der Waals surface area contributed by atoms with Gasteiger partial charge in [0.15, 0.2) is 6.10 Å². The Balaban J connectivity index is 4.41. The number of rotatable bonds is 45. The quantitative estimate of drug-likeness (QED) is 0.0262. The van der Waals surface area contributed by atoms with Crippen LogP contribution in [0.1, 0.15) is 220 Å². The van der Waals surface area contributed by atoms with Crippen molar-refractivity contribution in [1.29, 1.82) is 0 Å². The number of ether oxygens (including phenoxy) is 3. The van der Waals surface area contributed by atoms with Crippen LogP contribution in [0.25, 0.3) is 0 Å². The van der Waals surface area contributed by atoms with E-state index in [1.165, 1.54) is 12.8 Å². The Morgan fingerprint density at radius 1 is 0.328 bits per heavy atom. The summed E-state index contributed by atoms with van der Waals surface area (Å²) in [5, 5.41) is 0. The molecule has 0 aliphatic heterocycles. The Hall–Kier alpha value is -3.93. The summed E-state index contributed by atoms with van der Waals surface area (Å²) in [6, 6.07) is 0. The van der Waals surface area contributed by atoms with Crippen LogP contribution >= 0.6 is 0 Å². The van der Waals surface area contributed by atoms with E-state index in [4.69, 9.17) is 14.2 Å². The van der Waals surface area contributed by atoms with Crippen molar-refractivity contribution in [3.8, 4) is 0 Å². The molecule has 0 saturated heterocycles. The molecule has 0 aromatic carbocycles. The van der Waals surface area contributed by atoms with Gasteiger partial charge in [0.1, 0.15) is 13.2 Å². The Bertz CT molecular complexity index is 1340. The molecule has 64 heavy (non-hydrogen) atoms. The monoisotopic (exact) mass is 887 g/mol. The van der Waals surface area contributed by atoms with Crippen LogP contribution in [0.15, 0.2) is 109 Å². The van der Waals surface area contributed by atoms with Gasteiger partial charge in [-0.2, -0.15) is 0 Å². The third-order valence-electron chi connectivity index (χ3n) is 10.5. The van der Waals surface area contributed by atoms with Crippen LogP contribution < -0.4 is 0 Å². The molecule has 0 heterocycles. The second-order valence-corrected chi connectivity index (χ2v) is 16.7. The molecule has 6 nitrogen and oxygen atoms in total. The minimum Gasteiger partial charge on any atom is -0.462 e. The first-order valence-electron chi connectivity index (χ1n) is 25.9. The molecule has 0 radical (unpaired) electrons. The molecule has 0 spiro atoms. The van der Waals surface area contributed by atoms with Crippen LogP contribution in [0, 0.1) is 0 Å². The normalized spacial score (nSPS) is 13.0. The van der Waals surface area contributed by atoms with E-state index in [9.17, 15) is 14.4 Å². The summed E-state index contributed by atoms with van der Waals surface area (Å²) in [4.78, 5) is 37.9. The number of allylic oxidation sites excluding steroid dienone is 18. The zero-order chi connectivity index (χ0) is 46.5. The van der Waals surface area contributed by atoms with Gasteiger partial charge in [-0.1, -0.05) is 194 Å². The second-order valence-electron chi connectivity index (χ2n) is 16.7. The first-order chi connectivity index (χ1) is 31.5. The molecule has 0 aromatic heterocycles. The maximum atomic E-state index is 12.8. The average molecular weight is 887 g/mol. The first kappa shape index (κ1) is 60.1. The van der Waals surface area contributed by atoms with Crippen molar-refractivity contribution in [3.63, 3.8) is 0 Å². The third-order valence-corrected chi connectivity index (χ3v) is 10.5. The predicted molar refractivity (Wildman–Crippen MR) is 274 cm³/mol. The summed E-state index contributed by atoms with van der Waals surface area (Å²) in [5.74, 6) is -0.951. The topological polar surface area (TPSA) is 78.9 Å². The highest BCUT2D eigenvalue weighted by molar-refractivity contribution is 5.71. The van der Waals surface area contributed by atoms with Crippen LogP contribution in [0.3, 0.4) is 0 Å². The molecule has 0 amide bonds. The van der Waals surface area contributed by atoms with E-state index in [-0.39, 0.29) is 31.1 Å². The van der Waals surface area contributed by atoms with Gasteiger partial charge < -0.3 is 14.2 Å². The average Bonchev–Trinajstić information content (AvgIpc) is 3.29. The van der Waals surface area contributed by atoms with E-state index in [1.807, 2.05) is 0 Å². The molecule has 0 N–H and O–H groups in total. The highest BCUT2D eigenvalue weighted by atomic mass is 16.6. The number of hydrogen-bond donors (Lipinski definition) is 0. The molecule has 1 atom stereocenters. The van der Waals surface area contributed by atoms with Crippen molar-refractivity contribution in [2.24, 2.45) is 0 Å². The minimum atomic E-state index is -0.799. The van der Waals surface area contributed by atoms with Crippen LogP contribution in [-0.4, -0.2) is 37.2 Å². The molecule has 0 aromatic rings. The summed E-state index contributed by atoms with van der Waals surface area (Å²) >= 11 is 0. The standard InChI is InChI=1S/C58H94O6/c1-4-7-10-13-16-19-22-24-26-27-28-29-30-31-33-34-36-39-42-45-48-51-57(60)63-54-55(53-62-56(59)50-47-44-41-38-21-18-15-12-9-6-3)64-58(61)52-49-46-43-40-37-35-32-25-23-20-17-14-11-8-5-2/h7-8,10-12,15-17,19-20,24-26,28-29,31-33,55H,4-6,9,13-14,18,21-23,27,30,34-54H2,1-3H3/b10-7-,11-8-,15-12-,19-16-,20-17-,26-24-,29-28-,32-25-,33-31-. The molecule has 0 aliphatic carbocycles. The molecule has 1 unspecified atom stereocenters. The number of hydrogen-bond acceptors (Lipinski definition) is 6. The van der Waals surface area contributed by atoms with E-state index < -0.39 is 6.10 Å². The van der Waals surface area contributed by atoms with Crippen LogP contribution in [-0.2, 0) is 28.6 Å². The molecule has 0 fully saturated rings. The van der Waals surface area contributed by atoms with Crippen LogP contribution in [0.2, 0.25) is 0 Å². The van der Waals surface area contributed by atoms with Crippen molar-refractivity contribution in [1.82, 2.24) is 0 Å². The van der Waals surface area contributed by atoms with Crippen molar-refractivity contribution in [2.75, 3.05) is 13.2 Å². The smallest absolute Gasteiger partial charge is 0.306 e. The van der Waals surface area contributed by atoms with Crippen molar-refractivity contribution < 1.29 is 28.6 Å². The van der Waals surface area contributed by atoms with E-state index in [0.29, 0.717) is 19.3 Å². The van der Waals surface area contributed by atoms with Crippen molar-refractivity contribution in [2.45, 2.75) is 226 Å². The summed E-state index contributed by atoms with van der Waals surface area (Å²) in [7, 11) is 0. The molecule has 0 saturated carbocycles.